The van der Waals surface area contributed by atoms with Crippen molar-refractivity contribution in [3.8, 4) is 17.1 Å². The van der Waals surface area contributed by atoms with Crippen molar-refractivity contribution in [2.24, 2.45) is 0 Å². The fourth-order valence-corrected chi connectivity index (χ4v) is 5.68. The van der Waals surface area contributed by atoms with E-state index in [0.29, 0.717) is 67.7 Å². The van der Waals surface area contributed by atoms with Crippen LogP contribution in [-0.2, 0) is 10.3 Å². The van der Waals surface area contributed by atoms with Gasteiger partial charge in [-0.15, -0.1) is 0 Å². The summed E-state index contributed by atoms with van der Waals surface area (Å²) in [5.41, 5.74) is 3.41. The third kappa shape index (κ3) is 4.42. The van der Waals surface area contributed by atoms with Gasteiger partial charge in [0.1, 0.15) is 17.2 Å². The third-order valence-electron chi connectivity index (χ3n) is 7.89. The molecule has 3 heterocycles. The lowest BCUT2D eigenvalue weighted by molar-refractivity contribution is -0.545. The molecule has 4 aromatic rings. The number of aryl methyl sites for hydroxylation is 1. The predicted molar refractivity (Wildman–Crippen MR) is 154 cm³/mol. The summed E-state index contributed by atoms with van der Waals surface area (Å²) < 4.78 is 8.36. The van der Waals surface area contributed by atoms with Crippen LogP contribution >= 0.6 is 0 Å². The second kappa shape index (κ2) is 10.2. The molecule has 0 spiro atoms. The number of hydrogen-bond acceptors (Lipinski definition) is 5. The van der Waals surface area contributed by atoms with Gasteiger partial charge in [0.15, 0.2) is 5.71 Å². The standard InChI is InChI=1S/C32H32N4O3/c1-23-13-15-24(16-14-23)27-17-18-32(2,36(27)38)28-30(34-19-21-39-22-20-34)33-29(25-9-5-3-6-10-25)35(31(28)37)26-11-7-4-8-12-26/h3-16H,17-22H2,1-2H3. The van der Waals surface area contributed by atoms with E-state index in [0.717, 1.165) is 21.4 Å². The van der Waals surface area contributed by atoms with Gasteiger partial charge in [-0.25, -0.2) is 4.98 Å². The topological polar surface area (TPSA) is 73.4 Å². The molecule has 0 radical (unpaired) electrons. The van der Waals surface area contributed by atoms with E-state index < -0.39 is 5.54 Å². The highest BCUT2D eigenvalue weighted by atomic mass is 16.5. The number of morpholine rings is 1. The minimum Gasteiger partial charge on any atom is -0.623 e. The summed E-state index contributed by atoms with van der Waals surface area (Å²) in [6.07, 6.45) is 1.10. The zero-order valence-corrected chi connectivity index (χ0v) is 22.3. The molecule has 1 fully saturated rings. The Bertz CT molecular complexity index is 1570. The number of rotatable bonds is 5. The average Bonchev–Trinajstić information content (AvgIpc) is 3.28. The lowest BCUT2D eigenvalue weighted by atomic mass is 9.89. The quantitative estimate of drug-likeness (QED) is 0.272. The second-order valence-electron chi connectivity index (χ2n) is 10.5. The smallest absolute Gasteiger partial charge is 0.270 e. The summed E-state index contributed by atoms with van der Waals surface area (Å²) in [7, 11) is 0. The first-order valence-corrected chi connectivity index (χ1v) is 13.5. The van der Waals surface area contributed by atoms with Crippen LogP contribution in [0.15, 0.2) is 89.7 Å². The summed E-state index contributed by atoms with van der Waals surface area (Å²) in [6, 6.07) is 27.3. The number of para-hydroxylation sites is 1. The molecular formula is C32H32N4O3. The van der Waals surface area contributed by atoms with E-state index in [-0.39, 0.29) is 5.56 Å². The number of benzene rings is 3. The Labute approximate surface area is 228 Å². The first-order chi connectivity index (χ1) is 19.0. The largest absolute Gasteiger partial charge is 0.623 e. The number of hydrogen-bond donors (Lipinski definition) is 0. The number of ether oxygens (including phenoxy) is 1. The van der Waals surface area contributed by atoms with Gasteiger partial charge in [-0.1, -0.05) is 66.2 Å². The molecule has 2 aliphatic heterocycles. The Morgan fingerprint density at radius 1 is 0.897 bits per heavy atom. The van der Waals surface area contributed by atoms with Gasteiger partial charge in [-0.3, -0.25) is 9.36 Å². The SMILES string of the molecule is Cc1ccc(C2=[N+]([O-])C(C)(c3c(N4CCOCC4)nc(-c4ccccc4)n(-c4ccccc4)c3=O)CC2)cc1. The molecule has 0 amide bonds. The molecule has 0 bridgehead atoms. The molecule has 1 aromatic heterocycles. The molecule has 39 heavy (non-hydrogen) atoms. The van der Waals surface area contributed by atoms with Gasteiger partial charge in [0, 0.05) is 44.0 Å². The van der Waals surface area contributed by atoms with Crippen molar-refractivity contribution in [1.29, 1.82) is 0 Å². The molecule has 2 aliphatic rings. The van der Waals surface area contributed by atoms with Crippen LogP contribution in [0.2, 0.25) is 0 Å². The van der Waals surface area contributed by atoms with Crippen molar-refractivity contribution in [1.82, 2.24) is 9.55 Å². The third-order valence-corrected chi connectivity index (χ3v) is 7.89. The van der Waals surface area contributed by atoms with Crippen LogP contribution in [0.5, 0.6) is 0 Å². The molecule has 198 valence electrons. The van der Waals surface area contributed by atoms with Crippen LogP contribution in [-0.4, -0.2) is 46.3 Å². The zero-order chi connectivity index (χ0) is 27.0. The number of hydroxylamine groups is 1. The molecular weight excluding hydrogens is 488 g/mol. The fraction of sp³-hybridized carbons (Fsp3) is 0.281. The highest BCUT2D eigenvalue weighted by Crippen LogP contribution is 2.40. The lowest BCUT2D eigenvalue weighted by Gasteiger charge is -2.34. The van der Waals surface area contributed by atoms with E-state index >= 15 is 0 Å². The van der Waals surface area contributed by atoms with Crippen LogP contribution in [0.25, 0.3) is 17.1 Å². The van der Waals surface area contributed by atoms with Crippen LogP contribution in [0.1, 0.15) is 36.5 Å². The monoisotopic (exact) mass is 520 g/mol. The maximum Gasteiger partial charge on any atom is 0.270 e. The Kier molecular flexibility index (Phi) is 6.53. The molecule has 0 saturated carbocycles. The molecule has 3 aromatic carbocycles. The van der Waals surface area contributed by atoms with Gasteiger partial charge in [-0.2, -0.15) is 4.74 Å². The molecule has 1 atom stereocenters. The summed E-state index contributed by atoms with van der Waals surface area (Å²) in [5.74, 6) is 1.13. The minimum atomic E-state index is -1.08. The van der Waals surface area contributed by atoms with Crippen molar-refractivity contribution < 1.29 is 9.48 Å². The molecule has 7 nitrogen and oxygen atoms in total. The molecule has 7 heteroatoms. The normalized spacial score (nSPS) is 19.5. The summed E-state index contributed by atoms with van der Waals surface area (Å²) >= 11 is 0. The maximum atomic E-state index is 14.7. The maximum absolute atomic E-state index is 14.7. The van der Waals surface area contributed by atoms with Crippen molar-refractivity contribution >= 4 is 11.5 Å². The second-order valence-corrected chi connectivity index (χ2v) is 10.5. The highest BCUT2D eigenvalue weighted by Gasteiger charge is 2.49. The van der Waals surface area contributed by atoms with Gasteiger partial charge in [0.25, 0.3) is 5.56 Å². The number of aromatic nitrogens is 2. The lowest BCUT2D eigenvalue weighted by Crippen LogP contribution is -2.45. The van der Waals surface area contributed by atoms with Crippen LogP contribution in [0, 0.1) is 12.1 Å². The van der Waals surface area contributed by atoms with Crippen LogP contribution in [0.4, 0.5) is 5.82 Å². The van der Waals surface area contributed by atoms with E-state index in [2.05, 4.69) is 4.90 Å². The fourth-order valence-electron chi connectivity index (χ4n) is 5.68. The average molecular weight is 521 g/mol. The summed E-state index contributed by atoms with van der Waals surface area (Å²) in [4.78, 5) is 22.0. The van der Waals surface area contributed by atoms with Crippen LogP contribution in [0.3, 0.4) is 0 Å². The molecule has 1 unspecified atom stereocenters. The minimum absolute atomic E-state index is 0.218. The molecule has 6 rings (SSSR count). The first kappa shape index (κ1) is 25.1. The Morgan fingerprint density at radius 3 is 2.21 bits per heavy atom. The summed E-state index contributed by atoms with van der Waals surface area (Å²) in [5, 5.41) is 14.2. The summed E-state index contributed by atoms with van der Waals surface area (Å²) in [6.45, 7) is 6.22. The van der Waals surface area contributed by atoms with E-state index in [1.165, 1.54) is 0 Å². The Balaban J connectivity index is 1.64. The molecule has 0 N–H and O–H groups in total. The first-order valence-electron chi connectivity index (χ1n) is 13.5. The van der Waals surface area contributed by atoms with E-state index in [1.54, 1.807) is 4.57 Å². The van der Waals surface area contributed by atoms with Gasteiger partial charge in [-0.05, 0) is 31.2 Å². The van der Waals surface area contributed by atoms with Gasteiger partial charge >= 0.3 is 0 Å². The van der Waals surface area contributed by atoms with Crippen LogP contribution < -0.4 is 10.5 Å². The van der Waals surface area contributed by atoms with E-state index in [9.17, 15) is 10.0 Å². The van der Waals surface area contributed by atoms with Crippen molar-refractivity contribution in [2.45, 2.75) is 32.2 Å². The number of nitrogens with zero attached hydrogens (tertiary/aromatic N) is 4. The van der Waals surface area contributed by atoms with E-state index in [4.69, 9.17) is 9.72 Å². The van der Waals surface area contributed by atoms with Crippen molar-refractivity contribution in [2.75, 3.05) is 31.2 Å². The Hall–Kier alpha value is -4.23. The zero-order valence-electron chi connectivity index (χ0n) is 22.3. The highest BCUT2D eigenvalue weighted by molar-refractivity contribution is 5.98. The molecule has 0 aliphatic carbocycles. The Morgan fingerprint density at radius 2 is 1.54 bits per heavy atom. The van der Waals surface area contributed by atoms with E-state index in [1.807, 2.05) is 98.8 Å². The molecule has 1 saturated heterocycles. The predicted octanol–water partition coefficient (Wildman–Crippen LogP) is 5.05. The number of anilines is 1. The van der Waals surface area contributed by atoms with Gasteiger partial charge in [0.05, 0.1) is 18.9 Å². The van der Waals surface area contributed by atoms with Gasteiger partial charge in [0.2, 0.25) is 5.54 Å². The van der Waals surface area contributed by atoms with Crippen molar-refractivity contribution in [3.63, 3.8) is 0 Å². The van der Waals surface area contributed by atoms with Gasteiger partial charge < -0.3 is 14.8 Å². The van der Waals surface area contributed by atoms with Crippen molar-refractivity contribution in [3.05, 3.63) is 117 Å².